The van der Waals surface area contributed by atoms with Crippen molar-refractivity contribution in [3.8, 4) is 0 Å². The first-order chi connectivity index (χ1) is 8.06. The van der Waals surface area contributed by atoms with E-state index in [-0.39, 0.29) is 5.92 Å². The van der Waals surface area contributed by atoms with Crippen molar-refractivity contribution in [1.29, 1.82) is 0 Å². The molecule has 3 heteroatoms. The smallest absolute Gasteiger partial charge is 0.0779 e. The van der Waals surface area contributed by atoms with Gasteiger partial charge in [0.05, 0.1) is 18.3 Å². The van der Waals surface area contributed by atoms with Crippen molar-refractivity contribution in [3.63, 3.8) is 0 Å². The summed E-state index contributed by atoms with van der Waals surface area (Å²) in [6.45, 7) is 5.90. The zero-order valence-electron chi connectivity index (χ0n) is 10.5. The highest BCUT2D eigenvalue weighted by molar-refractivity contribution is 5.22. The lowest BCUT2D eigenvalue weighted by molar-refractivity contribution is 0.129. The first-order valence-corrected chi connectivity index (χ1v) is 6.47. The van der Waals surface area contributed by atoms with Crippen LogP contribution in [0.5, 0.6) is 0 Å². The van der Waals surface area contributed by atoms with Crippen LogP contribution in [0.4, 0.5) is 0 Å². The first kappa shape index (κ1) is 14.4. The van der Waals surface area contributed by atoms with Gasteiger partial charge in [-0.25, -0.2) is 0 Å². The Kier molecular flexibility index (Phi) is 5.89. The number of aliphatic hydroxyl groups is 3. The molecule has 0 aliphatic heterocycles. The molecule has 0 radical (unpaired) electrons. The average molecular weight is 240 g/mol. The van der Waals surface area contributed by atoms with Crippen molar-refractivity contribution >= 4 is 0 Å². The van der Waals surface area contributed by atoms with Crippen LogP contribution in [-0.4, -0.2) is 33.6 Å². The molecule has 0 amide bonds. The third-order valence-electron chi connectivity index (χ3n) is 3.38. The fourth-order valence-corrected chi connectivity index (χ4v) is 2.20. The van der Waals surface area contributed by atoms with Crippen LogP contribution in [0.3, 0.4) is 0 Å². The Labute approximate surface area is 103 Å². The molecule has 0 saturated heterocycles. The van der Waals surface area contributed by atoms with Crippen molar-refractivity contribution in [2.24, 2.45) is 5.92 Å². The lowest BCUT2D eigenvalue weighted by Gasteiger charge is -2.12. The third-order valence-corrected chi connectivity index (χ3v) is 3.38. The minimum atomic E-state index is -0.614. The van der Waals surface area contributed by atoms with Gasteiger partial charge in [0.15, 0.2) is 0 Å². The SMILES string of the molecule is C=C1[C@H](O)C[C@@H](O)[C@@H]1C=C[C@@H](O)CCCCC. The molecule has 1 aliphatic carbocycles. The molecule has 0 spiro atoms. The van der Waals surface area contributed by atoms with Crippen LogP contribution in [0.25, 0.3) is 0 Å². The fourth-order valence-electron chi connectivity index (χ4n) is 2.20. The van der Waals surface area contributed by atoms with Crippen LogP contribution >= 0.6 is 0 Å². The molecule has 0 aromatic heterocycles. The molecular weight excluding hydrogens is 216 g/mol. The van der Waals surface area contributed by atoms with Gasteiger partial charge in [0.25, 0.3) is 0 Å². The molecule has 1 rings (SSSR count). The molecule has 3 nitrogen and oxygen atoms in total. The minimum absolute atomic E-state index is 0.217. The lowest BCUT2D eigenvalue weighted by Crippen LogP contribution is -2.12. The average Bonchev–Trinajstić information content (AvgIpc) is 2.51. The number of hydrogen-bond donors (Lipinski definition) is 3. The van der Waals surface area contributed by atoms with Crippen LogP contribution in [0.2, 0.25) is 0 Å². The van der Waals surface area contributed by atoms with Gasteiger partial charge in [0.1, 0.15) is 0 Å². The molecule has 0 heterocycles. The molecule has 1 aliphatic rings. The molecule has 0 unspecified atom stereocenters. The maximum atomic E-state index is 9.71. The molecule has 4 atom stereocenters. The summed E-state index contributed by atoms with van der Waals surface area (Å²) in [6.07, 6.45) is 6.23. The maximum Gasteiger partial charge on any atom is 0.0779 e. The van der Waals surface area contributed by atoms with E-state index in [0.717, 1.165) is 25.7 Å². The monoisotopic (exact) mass is 240 g/mol. The molecule has 1 fully saturated rings. The summed E-state index contributed by atoms with van der Waals surface area (Å²) in [5.74, 6) is -0.217. The van der Waals surface area contributed by atoms with Crippen molar-refractivity contribution < 1.29 is 15.3 Å². The fraction of sp³-hybridized carbons (Fsp3) is 0.714. The Morgan fingerprint density at radius 1 is 1.41 bits per heavy atom. The van der Waals surface area contributed by atoms with Crippen LogP contribution < -0.4 is 0 Å². The number of aliphatic hydroxyl groups excluding tert-OH is 3. The number of unbranched alkanes of at least 4 members (excludes halogenated alkanes) is 2. The van der Waals surface area contributed by atoms with Crippen LogP contribution in [0.15, 0.2) is 24.3 Å². The van der Waals surface area contributed by atoms with Gasteiger partial charge >= 0.3 is 0 Å². The summed E-state index contributed by atoms with van der Waals surface area (Å²) < 4.78 is 0. The largest absolute Gasteiger partial charge is 0.392 e. The van der Waals surface area contributed by atoms with E-state index in [1.807, 2.05) is 0 Å². The zero-order valence-corrected chi connectivity index (χ0v) is 10.5. The van der Waals surface area contributed by atoms with Gasteiger partial charge in [-0.3, -0.25) is 0 Å². The van der Waals surface area contributed by atoms with E-state index in [0.29, 0.717) is 12.0 Å². The Hall–Kier alpha value is -0.640. The Bertz CT molecular complexity index is 273. The second-order valence-corrected chi connectivity index (χ2v) is 4.87. The van der Waals surface area contributed by atoms with Gasteiger partial charge in [-0.2, -0.15) is 0 Å². The van der Waals surface area contributed by atoms with Gasteiger partial charge in [-0.1, -0.05) is 44.9 Å². The molecule has 0 bridgehead atoms. The predicted molar refractivity (Wildman–Crippen MR) is 68.5 cm³/mol. The van der Waals surface area contributed by atoms with Gasteiger partial charge in [-0.15, -0.1) is 0 Å². The summed E-state index contributed by atoms with van der Waals surface area (Å²) in [6, 6.07) is 0. The van der Waals surface area contributed by atoms with Crippen LogP contribution in [0, 0.1) is 5.92 Å². The Morgan fingerprint density at radius 2 is 2.12 bits per heavy atom. The molecule has 0 aromatic carbocycles. The van der Waals surface area contributed by atoms with Gasteiger partial charge < -0.3 is 15.3 Å². The molecule has 17 heavy (non-hydrogen) atoms. The van der Waals surface area contributed by atoms with Gasteiger partial charge in [0, 0.05) is 12.3 Å². The quantitative estimate of drug-likeness (QED) is 0.490. The number of rotatable bonds is 6. The molecule has 3 N–H and O–H groups in total. The van der Waals surface area contributed by atoms with Crippen molar-refractivity contribution in [2.75, 3.05) is 0 Å². The zero-order chi connectivity index (χ0) is 12.8. The predicted octanol–water partition coefficient (Wildman–Crippen LogP) is 1.78. The Morgan fingerprint density at radius 3 is 2.65 bits per heavy atom. The van der Waals surface area contributed by atoms with Crippen LogP contribution in [-0.2, 0) is 0 Å². The minimum Gasteiger partial charge on any atom is -0.392 e. The maximum absolute atomic E-state index is 9.71. The van der Waals surface area contributed by atoms with E-state index in [4.69, 9.17) is 0 Å². The molecule has 0 aromatic rings. The lowest BCUT2D eigenvalue weighted by atomic mass is 10.00. The first-order valence-electron chi connectivity index (χ1n) is 6.47. The molecule has 1 saturated carbocycles. The highest BCUT2D eigenvalue weighted by Gasteiger charge is 2.33. The van der Waals surface area contributed by atoms with E-state index < -0.39 is 18.3 Å². The summed E-state index contributed by atoms with van der Waals surface area (Å²) in [5, 5.41) is 28.9. The highest BCUT2D eigenvalue weighted by atomic mass is 16.3. The third kappa shape index (κ3) is 4.26. The highest BCUT2D eigenvalue weighted by Crippen LogP contribution is 2.31. The second-order valence-electron chi connectivity index (χ2n) is 4.87. The topological polar surface area (TPSA) is 60.7 Å². The number of hydrogen-bond acceptors (Lipinski definition) is 3. The molecular formula is C14H24O3. The Balaban J connectivity index is 2.39. The summed E-state index contributed by atoms with van der Waals surface area (Å²) in [4.78, 5) is 0. The summed E-state index contributed by atoms with van der Waals surface area (Å²) in [5.41, 5.74) is 0.648. The van der Waals surface area contributed by atoms with E-state index in [2.05, 4.69) is 13.5 Å². The molecule has 98 valence electrons. The summed E-state index contributed by atoms with van der Waals surface area (Å²) in [7, 11) is 0. The van der Waals surface area contributed by atoms with Gasteiger partial charge in [-0.05, 0) is 12.0 Å². The van der Waals surface area contributed by atoms with E-state index in [1.165, 1.54) is 0 Å². The van der Waals surface area contributed by atoms with Crippen molar-refractivity contribution in [2.45, 2.75) is 57.3 Å². The second kappa shape index (κ2) is 6.94. The van der Waals surface area contributed by atoms with E-state index in [9.17, 15) is 15.3 Å². The normalized spacial score (nSPS) is 31.3. The van der Waals surface area contributed by atoms with Crippen LogP contribution in [0.1, 0.15) is 39.0 Å². The van der Waals surface area contributed by atoms with Gasteiger partial charge in [0.2, 0.25) is 0 Å². The summed E-state index contributed by atoms with van der Waals surface area (Å²) >= 11 is 0. The van der Waals surface area contributed by atoms with Crippen molar-refractivity contribution in [1.82, 2.24) is 0 Å². The van der Waals surface area contributed by atoms with E-state index in [1.54, 1.807) is 12.2 Å². The standard InChI is InChI=1S/C14H24O3/c1-3-4-5-6-11(15)7-8-12-10(2)13(16)9-14(12)17/h7-8,11-17H,2-6,9H2,1H3/t11-,12+,13+,14+/m0/s1. The van der Waals surface area contributed by atoms with Crippen molar-refractivity contribution in [3.05, 3.63) is 24.3 Å². The van der Waals surface area contributed by atoms with E-state index >= 15 is 0 Å².